The van der Waals surface area contributed by atoms with Crippen LogP contribution in [0.4, 0.5) is 0 Å². The second-order valence-corrected chi connectivity index (χ2v) is 4.47. The molecule has 5 nitrogen and oxygen atoms in total. The molecule has 0 aromatic carbocycles. The second-order valence-electron chi connectivity index (χ2n) is 2.70. The summed E-state index contributed by atoms with van der Waals surface area (Å²) in [6.07, 6.45) is 8.09. The molecule has 0 aliphatic heterocycles. The van der Waals surface area contributed by atoms with Crippen molar-refractivity contribution in [2.75, 3.05) is 6.54 Å². The molecule has 0 bridgehead atoms. The minimum atomic E-state index is -3.44. The molecular formula is C8H11N3O2S. The molecule has 0 aliphatic carbocycles. The lowest BCUT2D eigenvalue weighted by molar-refractivity contribution is 0.582. The maximum Gasteiger partial charge on any atom is 0.243 e. The van der Waals surface area contributed by atoms with Crippen LogP contribution in [0.2, 0.25) is 0 Å². The highest BCUT2D eigenvalue weighted by molar-refractivity contribution is 7.89. The third kappa shape index (κ3) is 2.58. The van der Waals surface area contributed by atoms with Crippen molar-refractivity contribution in [3.8, 4) is 12.3 Å². The fraction of sp³-hybridized carbons (Fsp3) is 0.375. The van der Waals surface area contributed by atoms with Crippen LogP contribution in [0.1, 0.15) is 6.42 Å². The molecule has 1 heterocycles. The summed E-state index contributed by atoms with van der Waals surface area (Å²) in [5.41, 5.74) is 0. The Hall–Kier alpha value is -1.32. The summed E-state index contributed by atoms with van der Waals surface area (Å²) >= 11 is 0. The Morgan fingerprint density at radius 2 is 2.43 bits per heavy atom. The van der Waals surface area contributed by atoms with Crippen molar-refractivity contribution in [2.45, 2.75) is 11.3 Å². The van der Waals surface area contributed by atoms with Gasteiger partial charge in [0.05, 0.1) is 6.20 Å². The molecule has 1 aromatic rings. The molecule has 0 spiro atoms. The number of terminal acetylenes is 1. The smallest absolute Gasteiger partial charge is 0.243 e. The first-order valence-electron chi connectivity index (χ1n) is 3.98. The molecule has 0 amide bonds. The highest BCUT2D eigenvalue weighted by Gasteiger charge is 2.14. The zero-order chi connectivity index (χ0) is 10.6. The van der Waals surface area contributed by atoms with Gasteiger partial charge in [-0.1, -0.05) is 0 Å². The quantitative estimate of drug-likeness (QED) is 0.552. The lowest BCUT2D eigenvalue weighted by atomic mass is 10.5. The Morgan fingerprint density at radius 1 is 1.71 bits per heavy atom. The Bertz CT molecular complexity index is 441. The molecule has 0 atom stereocenters. The molecular weight excluding hydrogens is 202 g/mol. The second kappa shape index (κ2) is 4.26. The van der Waals surface area contributed by atoms with Gasteiger partial charge in [-0.2, -0.15) is 5.10 Å². The summed E-state index contributed by atoms with van der Waals surface area (Å²) in [5, 5.41) is 3.77. The van der Waals surface area contributed by atoms with Crippen molar-refractivity contribution in [1.29, 1.82) is 0 Å². The maximum absolute atomic E-state index is 11.5. The van der Waals surface area contributed by atoms with Crippen LogP contribution in [0.5, 0.6) is 0 Å². The van der Waals surface area contributed by atoms with E-state index in [0.29, 0.717) is 6.42 Å². The van der Waals surface area contributed by atoms with E-state index in [-0.39, 0.29) is 11.4 Å². The van der Waals surface area contributed by atoms with Gasteiger partial charge in [0.15, 0.2) is 0 Å². The minimum absolute atomic E-state index is 0.150. The molecule has 14 heavy (non-hydrogen) atoms. The Balaban J connectivity index is 2.72. The lowest BCUT2D eigenvalue weighted by Crippen LogP contribution is -2.24. The third-order valence-electron chi connectivity index (χ3n) is 1.55. The first-order chi connectivity index (χ1) is 6.56. The fourth-order valence-corrected chi connectivity index (χ4v) is 1.89. The van der Waals surface area contributed by atoms with E-state index < -0.39 is 10.0 Å². The average Bonchev–Trinajstić information content (AvgIpc) is 2.53. The van der Waals surface area contributed by atoms with Gasteiger partial charge in [-0.25, -0.2) is 13.1 Å². The third-order valence-corrected chi connectivity index (χ3v) is 2.97. The zero-order valence-corrected chi connectivity index (χ0v) is 8.58. The number of aromatic nitrogens is 2. The van der Waals surface area contributed by atoms with Gasteiger partial charge in [-0.05, 0) is 0 Å². The summed E-state index contributed by atoms with van der Waals surface area (Å²) in [7, 11) is -1.79. The molecule has 76 valence electrons. The Labute approximate surface area is 83.2 Å². The number of sulfonamides is 1. The Morgan fingerprint density at radius 3 is 2.93 bits per heavy atom. The maximum atomic E-state index is 11.5. The van der Waals surface area contributed by atoms with Crippen LogP contribution in [0, 0.1) is 12.3 Å². The fourth-order valence-electron chi connectivity index (χ4n) is 0.878. The number of hydrogen-bond donors (Lipinski definition) is 1. The van der Waals surface area contributed by atoms with Gasteiger partial charge in [0.1, 0.15) is 4.90 Å². The van der Waals surface area contributed by atoms with E-state index in [0.717, 1.165) is 0 Å². The minimum Gasteiger partial charge on any atom is -0.274 e. The van der Waals surface area contributed by atoms with Crippen LogP contribution < -0.4 is 4.72 Å². The summed E-state index contributed by atoms with van der Waals surface area (Å²) in [6.45, 7) is 0.244. The number of aryl methyl sites for hydroxylation is 1. The normalized spacial score (nSPS) is 11.1. The van der Waals surface area contributed by atoms with Gasteiger partial charge < -0.3 is 0 Å². The molecule has 0 saturated carbocycles. The van der Waals surface area contributed by atoms with Gasteiger partial charge >= 0.3 is 0 Å². The lowest BCUT2D eigenvalue weighted by Gasteiger charge is -2.00. The first-order valence-corrected chi connectivity index (χ1v) is 5.46. The molecule has 0 aliphatic rings. The highest BCUT2D eigenvalue weighted by Crippen LogP contribution is 2.05. The number of hydrogen-bond acceptors (Lipinski definition) is 3. The monoisotopic (exact) mass is 213 g/mol. The van der Waals surface area contributed by atoms with Crippen LogP contribution >= 0.6 is 0 Å². The van der Waals surface area contributed by atoms with E-state index >= 15 is 0 Å². The van der Waals surface area contributed by atoms with Crippen LogP contribution in [-0.2, 0) is 17.1 Å². The van der Waals surface area contributed by atoms with Gasteiger partial charge in [-0.3, -0.25) is 4.68 Å². The predicted molar refractivity (Wildman–Crippen MR) is 51.8 cm³/mol. The van der Waals surface area contributed by atoms with E-state index in [1.54, 1.807) is 7.05 Å². The van der Waals surface area contributed by atoms with Crippen molar-refractivity contribution in [3.05, 3.63) is 12.4 Å². The number of nitrogens with one attached hydrogen (secondary N) is 1. The molecule has 6 heteroatoms. The molecule has 1 N–H and O–H groups in total. The van der Waals surface area contributed by atoms with Crippen LogP contribution in [0.15, 0.2) is 17.3 Å². The van der Waals surface area contributed by atoms with Crippen molar-refractivity contribution in [3.63, 3.8) is 0 Å². The van der Waals surface area contributed by atoms with Crippen molar-refractivity contribution < 1.29 is 8.42 Å². The molecule has 1 aromatic heterocycles. The van der Waals surface area contributed by atoms with Crippen LogP contribution in [0.3, 0.4) is 0 Å². The summed E-state index contributed by atoms with van der Waals surface area (Å²) in [6, 6.07) is 0. The van der Waals surface area contributed by atoms with Gasteiger partial charge in [0.2, 0.25) is 10.0 Å². The topological polar surface area (TPSA) is 64.0 Å². The predicted octanol–water partition coefficient (Wildman–Crippen LogP) is -0.278. The summed E-state index contributed by atoms with van der Waals surface area (Å²) < 4.78 is 26.8. The number of nitrogens with zero attached hydrogens (tertiary/aromatic N) is 2. The molecule has 0 saturated heterocycles. The standard InChI is InChI=1S/C8H11N3O2S/c1-3-4-5-10-14(12,13)8-6-9-11(2)7-8/h1,6-7,10H,4-5H2,2H3. The van der Waals surface area contributed by atoms with Crippen LogP contribution in [-0.4, -0.2) is 24.7 Å². The summed E-state index contributed by atoms with van der Waals surface area (Å²) in [4.78, 5) is 0.150. The van der Waals surface area contributed by atoms with Crippen molar-refractivity contribution in [1.82, 2.24) is 14.5 Å². The van der Waals surface area contributed by atoms with E-state index in [1.807, 2.05) is 0 Å². The van der Waals surface area contributed by atoms with Gasteiger partial charge in [0.25, 0.3) is 0 Å². The van der Waals surface area contributed by atoms with E-state index in [4.69, 9.17) is 6.42 Å². The highest BCUT2D eigenvalue weighted by atomic mass is 32.2. The molecule has 0 radical (unpaired) electrons. The van der Waals surface area contributed by atoms with E-state index in [1.165, 1.54) is 17.1 Å². The van der Waals surface area contributed by atoms with Gasteiger partial charge in [-0.15, -0.1) is 12.3 Å². The van der Waals surface area contributed by atoms with Gasteiger partial charge in [0, 0.05) is 26.2 Å². The van der Waals surface area contributed by atoms with E-state index in [2.05, 4.69) is 15.7 Å². The van der Waals surface area contributed by atoms with Crippen molar-refractivity contribution >= 4 is 10.0 Å². The zero-order valence-electron chi connectivity index (χ0n) is 7.77. The van der Waals surface area contributed by atoms with Crippen LogP contribution in [0.25, 0.3) is 0 Å². The molecule has 1 rings (SSSR count). The molecule has 0 fully saturated rings. The molecule has 0 unspecified atom stereocenters. The van der Waals surface area contributed by atoms with E-state index in [9.17, 15) is 8.42 Å². The first kappa shape index (κ1) is 10.8. The largest absolute Gasteiger partial charge is 0.274 e. The average molecular weight is 213 g/mol. The van der Waals surface area contributed by atoms with Crippen molar-refractivity contribution in [2.24, 2.45) is 7.05 Å². The number of rotatable bonds is 4. The SMILES string of the molecule is C#CCCNS(=O)(=O)c1cnn(C)c1. The Kier molecular flexibility index (Phi) is 3.28. The summed E-state index contributed by atoms with van der Waals surface area (Å²) in [5.74, 6) is 2.35.